The molecule has 114 valence electrons. The highest BCUT2D eigenvalue weighted by Crippen LogP contribution is 2.09. The molecule has 5 nitrogen and oxygen atoms in total. The number of hydrogen-bond acceptors (Lipinski definition) is 3. The highest BCUT2D eigenvalue weighted by molar-refractivity contribution is 5.85. The minimum absolute atomic E-state index is 0.0206. The van der Waals surface area contributed by atoms with Crippen molar-refractivity contribution in [2.45, 2.75) is 13.3 Å². The van der Waals surface area contributed by atoms with Crippen LogP contribution < -0.4 is 5.32 Å². The smallest absolute Gasteiger partial charge is 0.242 e. The van der Waals surface area contributed by atoms with Gasteiger partial charge in [0, 0.05) is 33.2 Å². The normalized spacial score (nSPS) is 14.9. The van der Waals surface area contributed by atoms with E-state index in [1.165, 1.54) is 4.90 Å². The molecule has 0 atom stereocenters. The summed E-state index contributed by atoms with van der Waals surface area (Å²) in [5.41, 5.74) is 2.12. The molecular formula is C16H23N3O2. The Morgan fingerprint density at radius 2 is 1.90 bits per heavy atom. The third-order valence-corrected chi connectivity index (χ3v) is 3.87. The molecule has 1 aromatic carbocycles. The van der Waals surface area contributed by atoms with E-state index in [0.29, 0.717) is 6.42 Å². The van der Waals surface area contributed by atoms with E-state index < -0.39 is 0 Å². The van der Waals surface area contributed by atoms with Gasteiger partial charge in [-0.1, -0.05) is 24.3 Å². The van der Waals surface area contributed by atoms with Crippen LogP contribution in [0, 0.1) is 6.92 Å². The number of nitrogens with one attached hydrogen (secondary N) is 1. The minimum Gasteiger partial charge on any atom is -0.339 e. The Morgan fingerprint density at radius 1 is 1.24 bits per heavy atom. The van der Waals surface area contributed by atoms with Crippen molar-refractivity contribution in [1.29, 1.82) is 0 Å². The number of carbonyl (C=O) groups excluding carboxylic acids is 2. The molecule has 0 aromatic heterocycles. The van der Waals surface area contributed by atoms with Gasteiger partial charge in [0.05, 0.1) is 13.0 Å². The van der Waals surface area contributed by atoms with Gasteiger partial charge in [-0.3, -0.25) is 9.59 Å². The van der Waals surface area contributed by atoms with Crippen molar-refractivity contribution in [3.8, 4) is 0 Å². The summed E-state index contributed by atoms with van der Waals surface area (Å²) < 4.78 is 0. The van der Waals surface area contributed by atoms with E-state index in [9.17, 15) is 9.59 Å². The highest BCUT2D eigenvalue weighted by Gasteiger charge is 2.20. The zero-order valence-corrected chi connectivity index (χ0v) is 12.8. The summed E-state index contributed by atoms with van der Waals surface area (Å²) >= 11 is 0. The molecule has 1 N–H and O–H groups in total. The second kappa shape index (κ2) is 7.22. The molecule has 0 bridgehead atoms. The summed E-state index contributed by atoms with van der Waals surface area (Å²) in [6.07, 6.45) is 0.345. The van der Waals surface area contributed by atoms with E-state index in [-0.39, 0.29) is 18.4 Å². The van der Waals surface area contributed by atoms with Crippen LogP contribution in [-0.2, 0) is 16.0 Å². The number of aryl methyl sites for hydroxylation is 1. The quantitative estimate of drug-likeness (QED) is 0.874. The maximum atomic E-state index is 12.2. The van der Waals surface area contributed by atoms with E-state index >= 15 is 0 Å². The van der Waals surface area contributed by atoms with Crippen LogP contribution in [0.5, 0.6) is 0 Å². The number of hydrogen-bond donors (Lipinski definition) is 1. The Morgan fingerprint density at radius 3 is 2.57 bits per heavy atom. The fraction of sp³-hybridized carbons (Fsp3) is 0.500. The molecule has 1 aromatic rings. The molecule has 1 aliphatic heterocycles. The van der Waals surface area contributed by atoms with Crippen LogP contribution in [0.1, 0.15) is 11.1 Å². The predicted molar refractivity (Wildman–Crippen MR) is 82.0 cm³/mol. The van der Waals surface area contributed by atoms with Crippen molar-refractivity contribution in [3.63, 3.8) is 0 Å². The number of rotatable bonds is 4. The van der Waals surface area contributed by atoms with Gasteiger partial charge in [0.1, 0.15) is 0 Å². The van der Waals surface area contributed by atoms with Crippen LogP contribution in [0.4, 0.5) is 0 Å². The molecule has 5 heteroatoms. The molecule has 0 saturated carbocycles. The summed E-state index contributed by atoms with van der Waals surface area (Å²) in [6.45, 7) is 5.25. The number of amides is 2. The van der Waals surface area contributed by atoms with Gasteiger partial charge < -0.3 is 15.1 Å². The van der Waals surface area contributed by atoms with E-state index in [1.807, 2.05) is 36.1 Å². The van der Waals surface area contributed by atoms with Gasteiger partial charge in [0.25, 0.3) is 0 Å². The highest BCUT2D eigenvalue weighted by atomic mass is 16.2. The second-order valence-electron chi connectivity index (χ2n) is 5.48. The standard InChI is InChI=1S/C16H23N3O2/c1-13-5-3-4-6-14(13)11-15(20)18(2)12-16(21)19-9-7-17-8-10-19/h3-6,17H,7-12H2,1-2H3. The lowest BCUT2D eigenvalue weighted by atomic mass is 10.1. The summed E-state index contributed by atoms with van der Waals surface area (Å²) in [6, 6.07) is 7.84. The van der Waals surface area contributed by atoms with E-state index in [2.05, 4.69) is 5.32 Å². The molecule has 1 saturated heterocycles. The molecule has 0 spiro atoms. The first-order valence-electron chi connectivity index (χ1n) is 7.35. The molecule has 21 heavy (non-hydrogen) atoms. The third kappa shape index (κ3) is 4.29. The molecule has 0 aliphatic carbocycles. The van der Waals surface area contributed by atoms with Gasteiger partial charge in [0.2, 0.25) is 11.8 Å². The van der Waals surface area contributed by atoms with Crippen molar-refractivity contribution < 1.29 is 9.59 Å². The second-order valence-corrected chi connectivity index (χ2v) is 5.48. The van der Waals surface area contributed by atoms with E-state index in [1.54, 1.807) is 7.05 Å². The molecule has 1 fully saturated rings. The summed E-state index contributed by atoms with van der Waals surface area (Å²) in [4.78, 5) is 27.7. The number of likely N-dealkylation sites (N-methyl/N-ethyl adjacent to an activating group) is 1. The molecule has 2 amide bonds. The summed E-state index contributed by atoms with van der Waals surface area (Å²) in [5.74, 6) is 0.00455. The van der Waals surface area contributed by atoms with Gasteiger partial charge in [-0.2, -0.15) is 0 Å². The van der Waals surface area contributed by atoms with Crippen LogP contribution in [0.2, 0.25) is 0 Å². The van der Waals surface area contributed by atoms with Crippen LogP contribution in [0.25, 0.3) is 0 Å². The fourth-order valence-electron chi connectivity index (χ4n) is 2.41. The number of carbonyl (C=O) groups is 2. The lowest BCUT2D eigenvalue weighted by Crippen LogP contribution is -2.49. The van der Waals surface area contributed by atoms with Gasteiger partial charge in [-0.05, 0) is 18.1 Å². The Bertz CT molecular complexity index is 510. The minimum atomic E-state index is -0.0206. The van der Waals surface area contributed by atoms with Crippen molar-refractivity contribution in [1.82, 2.24) is 15.1 Å². The maximum Gasteiger partial charge on any atom is 0.242 e. The molecular weight excluding hydrogens is 266 g/mol. The Kier molecular flexibility index (Phi) is 5.33. The lowest BCUT2D eigenvalue weighted by molar-refractivity contribution is -0.139. The lowest BCUT2D eigenvalue weighted by Gasteiger charge is -2.29. The zero-order valence-electron chi connectivity index (χ0n) is 12.8. The first-order chi connectivity index (χ1) is 10.1. The van der Waals surface area contributed by atoms with Crippen LogP contribution in [0.3, 0.4) is 0 Å². The first kappa shape index (κ1) is 15.5. The number of nitrogens with zero attached hydrogens (tertiary/aromatic N) is 2. The van der Waals surface area contributed by atoms with E-state index in [0.717, 1.165) is 37.3 Å². The first-order valence-corrected chi connectivity index (χ1v) is 7.35. The van der Waals surface area contributed by atoms with Crippen molar-refractivity contribution in [3.05, 3.63) is 35.4 Å². The Hall–Kier alpha value is -1.88. The molecule has 0 unspecified atom stereocenters. The van der Waals surface area contributed by atoms with Gasteiger partial charge >= 0.3 is 0 Å². The van der Waals surface area contributed by atoms with Gasteiger partial charge in [-0.15, -0.1) is 0 Å². The molecule has 1 aliphatic rings. The average Bonchev–Trinajstić information content (AvgIpc) is 2.50. The van der Waals surface area contributed by atoms with Gasteiger partial charge in [0.15, 0.2) is 0 Å². The molecule has 2 rings (SSSR count). The van der Waals surface area contributed by atoms with E-state index in [4.69, 9.17) is 0 Å². The predicted octanol–water partition coefficient (Wildman–Crippen LogP) is 0.428. The maximum absolute atomic E-state index is 12.2. The van der Waals surface area contributed by atoms with Gasteiger partial charge in [-0.25, -0.2) is 0 Å². The van der Waals surface area contributed by atoms with Crippen LogP contribution in [0.15, 0.2) is 24.3 Å². The van der Waals surface area contributed by atoms with Crippen LogP contribution >= 0.6 is 0 Å². The average molecular weight is 289 g/mol. The topological polar surface area (TPSA) is 52.7 Å². The monoisotopic (exact) mass is 289 g/mol. The SMILES string of the molecule is Cc1ccccc1CC(=O)N(C)CC(=O)N1CCNCC1. The largest absolute Gasteiger partial charge is 0.339 e. The Labute approximate surface area is 125 Å². The van der Waals surface area contributed by atoms with Crippen LogP contribution in [-0.4, -0.2) is 61.4 Å². The summed E-state index contributed by atoms with van der Waals surface area (Å²) in [7, 11) is 1.70. The fourth-order valence-corrected chi connectivity index (χ4v) is 2.41. The summed E-state index contributed by atoms with van der Waals surface area (Å²) in [5, 5.41) is 3.21. The van der Waals surface area contributed by atoms with Crippen molar-refractivity contribution in [2.24, 2.45) is 0 Å². The van der Waals surface area contributed by atoms with Crippen molar-refractivity contribution >= 4 is 11.8 Å². The number of piperazine rings is 1. The molecule has 1 heterocycles. The Balaban J connectivity index is 1.87. The number of benzene rings is 1. The molecule has 0 radical (unpaired) electrons. The van der Waals surface area contributed by atoms with Crippen molar-refractivity contribution in [2.75, 3.05) is 39.8 Å². The zero-order chi connectivity index (χ0) is 15.2. The third-order valence-electron chi connectivity index (χ3n) is 3.87.